The van der Waals surface area contributed by atoms with E-state index in [0.717, 1.165) is 25.7 Å². The quantitative estimate of drug-likeness (QED) is 0.662. The fourth-order valence-electron chi connectivity index (χ4n) is 2.18. The maximum atomic E-state index is 11.9. The van der Waals surface area contributed by atoms with Crippen LogP contribution >= 0.6 is 0 Å². The van der Waals surface area contributed by atoms with E-state index in [4.69, 9.17) is 10.5 Å². The SMILES string of the molecule is CCCC(CN)(C(=O)OCC)C1CC1. The zero-order valence-corrected chi connectivity index (χ0v) is 9.21. The molecule has 3 nitrogen and oxygen atoms in total. The molecule has 0 saturated heterocycles. The predicted octanol–water partition coefficient (Wildman–Crippen LogP) is 1.70. The van der Waals surface area contributed by atoms with Crippen LogP contribution in [0.5, 0.6) is 0 Å². The van der Waals surface area contributed by atoms with Crippen molar-refractivity contribution in [2.75, 3.05) is 13.2 Å². The topological polar surface area (TPSA) is 52.3 Å². The van der Waals surface area contributed by atoms with E-state index in [-0.39, 0.29) is 11.4 Å². The van der Waals surface area contributed by atoms with Gasteiger partial charge in [-0.3, -0.25) is 4.79 Å². The molecule has 0 aromatic rings. The van der Waals surface area contributed by atoms with Crippen molar-refractivity contribution in [3.8, 4) is 0 Å². The van der Waals surface area contributed by atoms with Gasteiger partial charge in [0.2, 0.25) is 0 Å². The lowest BCUT2D eigenvalue weighted by atomic mass is 9.78. The Bertz CT molecular complexity index is 201. The monoisotopic (exact) mass is 199 g/mol. The lowest BCUT2D eigenvalue weighted by Gasteiger charge is -2.29. The highest BCUT2D eigenvalue weighted by Crippen LogP contribution is 2.48. The molecule has 0 aromatic heterocycles. The zero-order valence-electron chi connectivity index (χ0n) is 9.21. The van der Waals surface area contributed by atoms with Crippen LogP contribution in [0.25, 0.3) is 0 Å². The second-order valence-corrected chi connectivity index (χ2v) is 4.11. The Morgan fingerprint density at radius 2 is 2.14 bits per heavy atom. The first-order chi connectivity index (χ1) is 6.71. The van der Waals surface area contributed by atoms with Gasteiger partial charge >= 0.3 is 5.97 Å². The first kappa shape index (κ1) is 11.5. The minimum absolute atomic E-state index is 0.0770. The van der Waals surface area contributed by atoms with Gasteiger partial charge in [-0.1, -0.05) is 13.3 Å². The molecule has 0 bridgehead atoms. The summed E-state index contributed by atoms with van der Waals surface area (Å²) in [6, 6.07) is 0. The van der Waals surface area contributed by atoms with Crippen molar-refractivity contribution in [3.63, 3.8) is 0 Å². The highest BCUT2D eigenvalue weighted by Gasteiger charge is 2.50. The summed E-state index contributed by atoms with van der Waals surface area (Å²) >= 11 is 0. The standard InChI is InChI=1S/C11H21NO2/c1-3-7-11(8-12,9-5-6-9)10(13)14-4-2/h9H,3-8,12H2,1-2H3. The van der Waals surface area contributed by atoms with E-state index < -0.39 is 0 Å². The third-order valence-corrected chi connectivity index (χ3v) is 3.10. The first-order valence-electron chi connectivity index (χ1n) is 5.58. The van der Waals surface area contributed by atoms with Gasteiger partial charge < -0.3 is 10.5 Å². The van der Waals surface area contributed by atoms with E-state index in [0.29, 0.717) is 19.1 Å². The number of hydrogen-bond acceptors (Lipinski definition) is 3. The van der Waals surface area contributed by atoms with Crippen LogP contribution in [0.1, 0.15) is 39.5 Å². The summed E-state index contributed by atoms with van der Waals surface area (Å²) in [5.74, 6) is 0.401. The Labute approximate surface area is 86.0 Å². The lowest BCUT2D eigenvalue weighted by molar-refractivity contribution is -0.156. The molecule has 0 amide bonds. The van der Waals surface area contributed by atoms with Crippen LogP contribution < -0.4 is 5.73 Å². The van der Waals surface area contributed by atoms with Crippen LogP contribution in [-0.2, 0) is 9.53 Å². The average Bonchev–Trinajstić information content (AvgIpc) is 2.98. The number of carbonyl (C=O) groups excluding carboxylic acids is 1. The molecule has 1 saturated carbocycles. The van der Waals surface area contributed by atoms with Gasteiger partial charge in [-0.2, -0.15) is 0 Å². The van der Waals surface area contributed by atoms with E-state index >= 15 is 0 Å². The van der Waals surface area contributed by atoms with Gasteiger partial charge in [0, 0.05) is 6.54 Å². The van der Waals surface area contributed by atoms with E-state index in [9.17, 15) is 4.79 Å². The third kappa shape index (κ3) is 2.08. The van der Waals surface area contributed by atoms with E-state index in [1.165, 1.54) is 0 Å². The van der Waals surface area contributed by atoms with Crippen LogP contribution in [0.4, 0.5) is 0 Å². The summed E-state index contributed by atoms with van der Waals surface area (Å²) in [5, 5.41) is 0. The van der Waals surface area contributed by atoms with E-state index in [1.807, 2.05) is 6.92 Å². The van der Waals surface area contributed by atoms with E-state index in [2.05, 4.69) is 6.92 Å². The molecule has 1 aliphatic carbocycles. The Kier molecular flexibility index (Phi) is 3.93. The maximum Gasteiger partial charge on any atom is 0.313 e. The smallest absolute Gasteiger partial charge is 0.313 e. The Hall–Kier alpha value is -0.570. The van der Waals surface area contributed by atoms with Gasteiger partial charge in [0.15, 0.2) is 0 Å². The van der Waals surface area contributed by atoms with Gasteiger partial charge in [0.1, 0.15) is 0 Å². The first-order valence-corrected chi connectivity index (χ1v) is 5.58. The number of rotatable bonds is 6. The van der Waals surface area contributed by atoms with Crippen molar-refractivity contribution >= 4 is 5.97 Å². The minimum Gasteiger partial charge on any atom is -0.466 e. The molecule has 3 heteroatoms. The average molecular weight is 199 g/mol. The van der Waals surface area contributed by atoms with Gasteiger partial charge in [0.05, 0.1) is 12.0 Å². The molecule has 0 aromatic carbocycles. The number of ether oxygens (including phenoxy) is 1. The third-order valence-electron chi connectivity index (χ3n) is 3.10. The Morgan fingerprint density at radius 3 is 2.50 bits per heavy atom. The number of nitrogens with two attached hydrogens (primary N) is 1. The minimum atomic E-state index is -0.370. The number of esters is 1. The molecule has 1 atom stereocenters. The predicted molar refractivity (Wildman–Crippen MR) is 55.8 cm³/mol. The van der Waals surface area contributed by atoms with Crippen molar-refractivity contribution in [3.05, 3.63) is 0 Å². The van der Waals surface area contributed by atoms with Crippen molar-refractivity contribution in [2.45, 2.75) is 39.5 Å². The summed E-state index contributed by atoms with van der Waals surface area (Å²) in [6.45, 7) is 4.82. The second kappa shape index (κ2) is 4.78. The number of hydrogen-bond donors (Lipinski definition) is 1. The molecular weight excluding hydrogens is 178 g/mol. The second-order valence-electron chi connectivity index (χ2n) is 4.11. The molecule has 0 radical (unpaired) electrons. The van der Waals surface area contributed by atoms with Gasteiger partial charge in [-0.15, -0.1) is 0 Å². The summed E-state index contributed by atoms with van der Waals surface area (Å²) in [6.07, 6.45) is 4.13. The molecule has 1 aliphatic rings. The van der Waals surface area contributed by atoms with Crippen molar-refractivity contribution < 1.29 is 9.53 Å². The highest BCUT2D eigenvalue weighted by molar-refractivity contribution is 5.78. The molecule has 1 unspecified atom stereocenters. The summed E-state index contributed by atoms with van der Waals surface area (Å²) in [5.41, 5.74) is 5.39. The molecule has 1 rings (SSSR count). The molecule has 2 N–H and O–H groups in total. The summed E-state index contributed by atoms with van der Waals surface area (Å²) in [7, 11) is 0. The molecular formula is C11H21NO2. The highest BCUT2D eigenvalue weighted by atomic mass is 16.5. The normalized spacial score (nSPS) is 20.2. The molecule has 82 valence electrons. The Balaban J connectivity index is 2.71. The zero-order chi connectivity index (χ0) is 10.6. The number of carbonyl (C=O) groups is 1. The maximum absolute atomic E-state index is 11.9. The Morgan fingerprint density at radius 1 is 1.50 bits per heavy atom. The fourth-order valence-corrected chi connectivity index (χ4v) is 2.18. The van der Waals surface area contributed by atoms with Crippen LogP contribution in [0, 0.1) is 11.3 Å². The van der Waals surface area contributed by atoms with Crippen LogP contribution in [0.3, 0.4) is 0 Å². The largest absolute Gasteiger partial charge is 0.466 e. The summed E-state index contributed by atoms with van der Waals surface area (Å²) in [4.78, 5) is 11.9. The van der Waals surface area contributed by atoms with Crippen molar-refractivity contribution in [1.82, 2.24) is 0 Å². The van der Waals surface area contributed by atoms with Gasteiger partial charge in [0.25, 0.3) is 0 Å². The van der Waals surface area contributed by atoms with Crippen LogP contribution in [0.15, 0.2) is 0 Å². The molecule has 1 fully saturated rings. The molecule has 0 spiro atoms. The molecule has 14 heavy (non-hydrogen) atoms. The fraction of sp³-hybridized carbons (Fsp3) is 0.909. The van der Waals surface area contributed by atoms with Crippen molar-refractivity contribution in [2.24, 2.45) is 17.1 Å². The van der Waals surface area contributed by atoms with Crippen LogP contribution in [0.2, 0.25) is 0 Å². The molecule has 0 aliphatic heterocycles. The van der Waals surface area contributed by atoms with E-state index in [1.54, 1.807) is 0 Å². The van der Waals surface area contributed by atoms with Crippen LogP contribution in [-0.4, -0.2) is 19.1 Å². The van der Waals surface area contributed by atoms with Gasteiger partial charge in [-0.05, 0) is 32.1 Å². The lowest BCUT2D eigenvalue weighted by Crippen LogP contribution is -2.42. The van der Waals surface area contributed by atoms with Crippen molar-refractivity contribution in [1.29, 1.82) is 0 Å². The summed E-state index contributed by atoms with van der Waals surface area (Å²) < 4.78 is 5.13. The molecule has 0 heterocycles. The van der Waals surface area contributed by atoms with Gasteiger partial charge in [-0.25, -0.2) is 0 Å².